The van der Waals surface area contributed by atoms with Crippen LogP contribution in [0.3, 0.4) is 0 Å². The molecule has 1 rings (SSSR count). The zero-order chi connectivity index (χ0) is 12.3. The molecule has 0 aliphatic rings. The van der Waals surface area contributed by atoms with Crippen LogP contribution in [0.2, 0.25) is 0 Å². The summed E-state index contributed by atoms with van der Waals surface area (Å²) in [5, 5.41) is 28.9. The Labute approximate surface area is 92.6 Å². The first-order valence-corrected chi connectivity index (χ1v) is 4.64. The van der Waals surface area contributed by atoms with Gasteiger partial charge in [0.15, 0.2) is 0 Å². The van der Waals surface area contributed by atoms with Gasteiger partial charge in [-0.3, -0.25) is 10.1 Å². The number of rotatable bonds is 4. The minimum atomic E-state index is -0.624. The van der Waals surface area contributed by atoms with Gasteiger partial charge in [0.2, 0.25) is 5.75 Å². The van der Waals surface area contributed by atoms with Crippen molar-refractivity contribution in [2.24, 2.45) is 0 Å². The lowest BCUT2D eigenvalue weighted by Crippen LogP contribution is -2.03. The summed E-state index contributed by atoms with van der Waals surface area (Å²) >= 11 is 0. The van der Waals surface area contributed by atoms with E-state index in [1.54, 1.807) is 27.2 Å². The van der Waals surface area contributed by atoms with Gasteiger partial charge >= 0.3 is 5.69 Å². The Morgan fingerprint density at radius 2 is 1.75 bits per heavy atom. The monoisotopic (exact) mass is 226 g/mol. The summed E-state index contributed by atoms with van der Waals surface area (Å²) in [6, 6.07) is 1.56. The first-order valence-electron chi connectivity index (χ1n) is 4.64. The number of nitrogens with one attached hydrogen (secondary N) is 3. The van der Waals surface area contributed by atoms with Crippen LogP contribution >= 0.6 is 0 Å². The predicted molar refractivity (Wildman–Crippen MR) is 63.4 cm³/mol. The zero-order valence-electron chi connectivity index (χ0n) is 9.29. The fourth-order valence-electron chi connectivity index (χ4n) is 1.48. The van der Waals surface area contributed by atoms with Crippen LogP contribution in [0.1, 0.15) is 0 Å². The molecule has 16 heavy (non-hydrogen) atoms. The molecule has 0 unspecified atom stereocenters. The number of hydrogen-bond acceptors (Lipinski definition) is 6. The highest BCUT2D eigenvalue weighted by Gasteiger charge is 2.24. The molecule has 0 radical (unpaired) electrons. The number of phenols is 1. The van der Waals surface area contributed by atoms with Crippen LogP contribution in [0.4, 0.5) is 22.7 Å². The summed E-state index contributed by atoms with van der Waals surface area (Å²) in [5.74, 6) is -0.385. The second kappa shape index (κ2) is 4.56. The molecule has 0 heterocycles. The van der Waals surface area contributed by atoms with E-state index in [1.165, 1.54) is 0 Å². The molecule has 7 heteroatoms. The normalized spacial score (nSPS) is 9.69. The third-order valence-electron chi connectivity index (χ3n) is 2.25. The SMILES string of the molecule is CNc1cc(NC)c([N+](=O)[O-])c(O)c1NC. The van der Waals surface area contributed by atoms with Crippen molar-refractivity contribution in [3.63, 3.8) is 0 Å². The number of nitro groups is 1. The molecule has 0 amide bonds. The van der Waals surface area contributed by atoms with E-state index in [1.807, 2.05) is 0 Å². The van der Waals surface area contributed by atoms with Crippen molar-refractivity contribution in [3.05, 3.63) is 16.2 Å². The van der Waals surface area contributed by atoms with Crippen molar-refractivity contribution in [2.75, 3.05) is 37.1 Å². The van der Waals surface area contributed by atoms with Gasteiger partial charge in [0, 0.05) is 21.1 Å². The first kappa shape index (κ1) is 11.9. The maximum absolute atomic E-state index is 10.8. The molecule has 1 aromatic rings. The van der Waals surface area contributed by atoms with Crippen molar-refractivity contribution in [2.45, 2.75) is 0 Å². The minimum Gasteiger partial charge on any atom is -0.501 e. The lowest BCUT2D eigenvalue weighted by Gasteiger charge is -2.13. The lowest BCUT2D eigenvalue weighted by atomic mass is 10.1. The Kier molecular flexibility index (Phi) is 3.39. The number of nitrogens with zero attached hydrogens (tertiary/aromatic N) is 1. The zero-order valence-corrected chi connectivity index (χ0v) is 9.29. The van der Waals surface area contributed by atoms with Crippen LogP contribution in [0.15, 0.2) is 6.07 Å². The van der Waals surface area contributed by atoms with E-state index in [2.05, 4.69) is 16.0 Å². The topological polar surface area (TPSA) is 99.5 Å². The lowest BCUT2D eigenvalue weighted by molar-refractivity contribution is -0.384. The van der Waals surface area contributed by atoms with Crippen LogP contribution in [0.5, 0.6) is 5.75 Å². The number of hydrogen-bond donors (Lipinski definition) is 4. The molecule has 0 fully saturated rings. The van der Waals surface area contributed by atoms with Gasteiger partial charge in [-0.2, -0.15) is 0 Å². The van der Waals surface area contributed by atoms with Crippen LogP contribution < -0.4 is 16.0 Å². The first-order chi connectivity index (χ1) is 7.56. The Hall–Kier alpha value is -2.18. The largest absolute Gasteiger partial charge is 0.501 e. The fourth-order valence-corrected chi connectivity index (χ4v) is 1.48. The average Bonchev–Trinajstić information content (AvgIpc) is 2.26. The average molecular weight is 226 g/mol. The van der Waals surface area contributed by atoms with E-state index in [-0.39, 0.29) is 17.1 Å². The smallest absolute Gasteiger partial charge is 0.335 e. The van der Waals surface area contributed by atoms with Crippen molar-refractivity contribution in [3.8, 4) is 5.75 Å². The van der Waals surface area contributed by atoms with Gasteiger partial charge in [-0.05, 0) is 6.07 Å². The maximum atomic E-state index is 10.8. The summed E-state index contributed by atoms with van der Waals surface area (Å²) in [7, 11) is 4.81. The number of anilines is 3. The van der Waals surface area contributed by atoms with Crippen LogP contribution in [0, 0.1) is 10.1 Å². The van der Waals surface area contributed by atoms with Crippen molar-refractivity contribution >= 4 is 22.7 Å². The maximum Gasteiger partial charge on any atom is 0.335 e. The van der Waals surface area contributed by atoms with E-state index in [4.69, 9.17) is 0 Å². The highest BCUT2D eigenvalue weighted by molar-refractivity contribution is 5.87. The molecule has 1 aromatic carbocycles. The molecule has 0 bridgehead atoms. The Morgan fingerprint density at radius 3 is 2.12 bits per heavy atom. The van der Waals surface area contributed by atoms with Crippen LogP contribution in [-0.4, -0.2) is 31.2 Å². The van der Waals surface area contributed by atoms with Crippen molar-refractivity contribution in [1.29, 1.82) is 0 Å². The molecule has 0 atom stereocenters. The van der Waals surface area contributed by atoms with E-state index in [9.17, 15) is 15.2 Å². The molecule has 0 aromatic heterocycles. The Morgan fingerprint density at radius 1 is 1.19 bits per heavy atom. The third-order valence-corrected chi connectivity index (χ3v) is 2.25. The van der Waals surface area contributed by atoms with Gasteiger partial charge in [-0.15, -0.1) is 0 Å². The van der Waals surface area contributed by atoms with Gasteiger partial charge in [-0.25, -0.2) is 0 Å². The summed E-state index contributed by atoms with van der Waals surface area (Å²) < 4.78 is 0. The third kappa shape index (κ3) is 1.79. The van der Waals surface area contributed by atoms with E-state index >= 15 is 0 Å². The highest BCUT2D eigenvalue weighted by Crippen LogP contribution is 2.44. The number of benzene rings is 1. The summed E-state index contributed by atoms with van der Waals surface area (Å²) in [4.78, 5) is 10.2. The standard InChI is InChI=1S/C9H14N4O3/c1-10-5-4-6(11-2)8(13(15)16)9(14)7(5)12-3/h4,10-12,14H,1-3H3. The molecular weight excluding hydrogens is 212 g/mol. The summed E-state index contributed by atoms with van der Waals surface area (Å²) in [6.45, 7) is 0. The molecule has 0 saturated heterocycles. The van der Waals surface area contributed by atoms with Crippen molar-refractivity contribution < 1.29 is 10.0 Å². The number of aromatic hydroxyl groups is 1. The minimum absolute atomic E-state index is 0.255. The molecular formula is C9H14N4O3. The van der Waals surface area contributed by atoms with E-state index in [0.29, 0.717) is 11.4 Å². The van der Waals surface area contributed by atoms with Gasteiger partial charge in [0.25, 0.3) is 0 Å². The van der Waals surface area contributed by atoms with Crippen LogP contribution in [-0.2, 0) is 0 Å². The van der Waals surface area contributed by atoms with Crippen molar-refractivity contribution in [1.82, 2.24) is 0 Å². The van der Waals surface area contributed by atoms with Gasteiger partial charge in [0.05, 0.1) is 10.6 Å². The highest BCUT2D eigenvalue weighted by atomic mass is 16.6. The Bertz CT molecular complexity index is 420. The van der Waals surface area contributed by atoms with Crippen LogP contribution in [0.25, 0.3) is 0 Å². The number of nitro benzene ring substituents is 1. The number of phenolic OH excluding ortho intramolecular Hbond substituents is 1. The molecule has 7 nitrogen and oxygen atoms in total. The second-order valence-corrected chi connectivity index (χ2v) is 3.05. The van der Waals surface area contributed by atoms with Gasteiger partial charge in [0.1, 0.15) is 11.4 Å². The predicted octanol–water partition coefficient (Wildman–Crippen LogP) is 1.43. The molecule has 88 valence electrons. The van der Waals surface area contributed by atoms with E-state index < -0.39 is 4.92 Å². The quantitative estimate of drug-likeness (QED) is 0.352. The Balaban J connectivity index is 3.55. The van der Waals surface area contributed by atoms with E-state index in [0.717, 1.165) is 0 Å². The second-order valence-electron chi connectivity index (χ2n) is 3.05. The molecule has 0 saturated carbocycles. The van der Waals surface area contributed by atoms with Gasteiger partial charge < -0.3 is 21.1 Å². The summed E-state index contributed by atoms with van der Waals surface area (Å²) in [5.41, 5.74) is 0.792. The molecule has 4 N–H and O–H groups in total. The molecule has 0 aliphatic carbocycles. The fraction of sp³-hybridized carbons (Fsp3) is 0.333. The molecule has 0 spiro atoms. The van der Waals surface area contributed by atoms with Gasteiger partial charge in [-0.1, -0.05) is 0 Å². The molecule has 0 aliphatic heterocycles. The summed E-state index contributed by atoms with van der Waals surface area (Å²) in [6.07, 6.45) is 0.